The fraction of sp³-hybridized carbons (Fsp3) is 0.0303. The number of nitrogens with zero attached hydrogens (tertiary/aromatic N) is 2. The van der Waals surface area contributed by atoms with E-state index < -0.39 is 0 Å². The number of benzene rings is 10. The standard InChI is InChI=1S/C66H46N2S/c1-3-15-45(16-4-1)47-29-31-48(32-30-47)50-35-39-54(40-36-50)67(53-37-33-49(34-38-53)46-17-5-2-6-18-46)61-25-10-7-21-56(61)51-19-13-20-52(43-51)57-24-14-27-63-66(57)60-23-8-11-26-62(60)68(63)55-41-42-59-58-22-9-12-28-64(58)69-65(59)44-55/h1-12,14-19,21-44H,13,20H2. The third-order valence-corrected chi connectivity index (χ3v) is 15.0. The molecule has 0 N–H and O–H groups in total. The molecule has 2 heterocycles. The van der Waals surface area contributed by atoms with E-state index in [0.717, 1.165) is 29.9 Å². The lowest BCUT2D eigenvalue weighted by molar-refractivity contribution is 1.06. The molecule has 3 heteroatoms. The Morgan fingerprint density at radius 1 is 0.391 bits per heavy atom. The third kappa shape index (κ3) is 7.36. The van der Waals surface area contributed by atoms with Crippen molar-refractivity contribution in [2.75, 3.05) is 4.90 Å². The second-order valence-corrected chi connectivity index (χ2v) is 19.0. The van der Waals surface area contributed by atoms with E-state index in [1.807, 2.05) is 11.3 Å². The summed E-state index contributed by atoms with van der Waals surface area (Å²) in [4.78, 5) is 2.43. The number of hydrogen-bond donors (Lipinski definition) is 0. The van der Waals surface area contributed by atoms with Gasteiger partial charge in [-0.05, 0) is 124 Å². The molecular formula is C66H46N2S. The zero-order valence-electron chi connectivity index (χ0n) is 38.0. The zero-order valence-corrected chi connectivity index (χ0v) is 38.8. The second kappa shape index (κ2) is 17.3. The third-order valence-electron chi connectivity index (χ3n) is 13.9. The molecule has 10 aromatic carbocycles. The first-order valence-electron chi connectivity index (χ1n) is 23.9. The van der Waals surface area contributed by atoms with Crippen LogP contribution in [-0.2, 0) is 0 Å². The van der Waals surface area contributed by atoms with Crippen LogP contribution in [0.2, 0.25) is 0 Å². The highest BCUT2D eigenvalue weighted by Gasteiger charge is 2.22. The van der Waals surface area contributed by atoms with E-state index >= 15 is 0 Å². The van der Waals surface area contributed by atoms with Gasteiger partial charge in [0, 0.05) is 53.6 Å². The average Bonchev–Trinajstić information content (AvgIpc) is 3.98. The maximum atomic E-state index is 2.47. The minimum Gasteiger partial charge on any atom is -0.310 e. The fourth-order valence-electron chi connectivity index (χ4n) is 10.6. The van der Waals surface area contributed by atoms with Crippen LogP contribution in [0.25, 0.3) is 92.2 Å². The van der Waals surface area contributed by atoms with E-state index in [1.165, 1.54) is 103 Å². The average molecular weight is 899 g/mol. The van der Waals surface area contributed by atoms with Crippen LogP contribution < -0.4 is 4.90 Å². The Balaban J connectivity index is 0.900. The summed E-state index contributed by atoms with van der Waals surface area (Å²) in [6, 6.07) is 88.7. The first kappa shape index (κ1) is 40.7. The Morgan fingerprint density at radius 2 is 0.913 bits per heavy atom. The van der Waals surface area contributed by atoms with Crippen molar-refractivity contribution in [3.63, 3.8) is 0 Å². The van der Waals surface area contributed by atoms with Crippen molar-refractivity contribution in [1.82, 2.24) is 4.57 Å². The van der Waals surface area contributed by atoms with Gasteiger partial charge in [-0.25, -0.2) is 0 Å². The normalized spacial score (nSPS) is 12.7. The fourth-order valence-corrected chi connectivity index (χ4v) is 11.7. The van der Waals surface area contributed by atoms with Gasteiger partial charge in [0.1, 0.15) is 0 Å². The number of hydrogen-bond acceptors (Lipinski definition) is 2. The van der Waals surface area contributed by atoms with Gasteiger partial charge in [-0.3, -0.25) is 0 Å². The smallest absolute Gasteiger partial charge is 0.0547 e. The first-order chi connectivity index (χ1) is 34.2. The molecule has 0 amide bonds. The Morgan fingerprint density at radius 3 is 1.59 bits per heavy atom. The quantitative estimate of drug-likeness (QED) is 0.140. The van der Waals surface area contributed by atoms with E-state index in [2.05, 4.69) is 264 Å². The first-order valence-corrected chi connectivity index (χ1v) is 24.7. The van der Waals surface area contributed by atoms with Crippen molar-refractivity contribution in [3.8, 4) is 39.1 Å². The van der Waals surface area contributed by atoms with Crippen molar-refractivity contribution >= 4 is 81.5 Å². The highest BCUT2D eigenvalue weighted by Crippen LogP contribution is 2.45. The highest BCUT2D eigenvalue weighted by molar-refractivity contribution is 7.25. The molecule has 326 valence electrons. The van der Waals surface area contributed by atoms with Crippen LogP contribution in [0, 0.1) is 0 Å². The summed E-state index contributed by atoms with van der Waals surface area (Å²) in [7, 11) is 0. The summed E-state index contributed by atoms with van der Waals surface area (Å²) in [5.74, 6) is 0. The van der Waals surface area contributed by atoms with E-state index in [9.17, 15) is 0 Å². The van der Waals surface area contributed by atoms with Crippen LogP contribution >= 0.6 is 11.3 Å². The Bertz CT molecular complexity index is 3910. The topological polar surface area (TPSA) is 8.17 Å². The number of rotatable bonds is 9. The zero-order chi connectivity index (χ0) is 45.7. The van der Waals surface area contributed by atoms with Crippen LogP contribution in [-0.4, -0.2) is 4.57 Å². The molecule has 13 rings (SSSR count). The van der Waals surface area contributed by atoms with Crippen LogP contribution in [0.3, 0.4) is 0 Å². The van der Waals surface area contributed by atoms with Crippen LogP contribution in [0.5, 0.6) is 0 Å². The molecule has 12 aromatic rings. The van der Waals surface area contributed by atoms with Crippen LogP contribution in [0.15, 0.2) is 255 Å². The van der Waals surface area contributed by atoms with E-state index in [4.69, 9.17) is 0 Å². The Hall–Kier alpha value is -8.50. The lowest BCUT2D eigenvalue weighted by atomic mass is 9.88. The maximum absolute atomic E-state index is 2.47. The lowest BCUT2D eigenvalue weighted by Crippen LogP contribution is -2.12. The van der Waals surface area contributed by atoms with E-state index in [-0.39, 0.29) is 0 Å². The van der Waals surface area contributed by atoms with E-state index in [0.29, 0.717) is 0 Å². The number of anilines is 3. The second-order valence-electron chi connectivity index (χ2n) is 18.0. The highest BCUT2D eigenvalue weighted by atomic mass is 32.1. The Kier molecular flexibility index (Phi) is 10.2. The van der Waals surface area contributed by atoms with Crippen molar-refractivity contribution in [2.24, 2.45) is 0 Å². The summed E-state index contributed by atoms with van der Waals surface area (Å²) in [6.07, 6.45) is 6.82. The summed E-state index contributed by atoms with van der Waals surface area (Å²) in [5, 5.41) is 5.22. The van der Waals surface area contributed by atoms with Crippen LogP contribution in [0.1, 0.15) is 24.0 Å². The number of allylic oxidation sites excluding steroid dienone is 4. The molecule has 0 spiro atoms. The van der Waals surface area contributed by atoms with Gasteiger partial charge in [-0.1, -0.05) is 194 Å². The summed E-state index contributed by atoms with van der Waals surface area (Å²) < 4.78 is 5.11. The van der Waals surface area contributed by atoms with Gasteiger partial charge in [-0.2, -0.15) is 0 Å². The Labute approximate surface area is 406 Å². The van der Waals surface area contributed by atoms with Crippen molar-refractivity contribution < 1.29 is 0 Å². The molecule has 69 heavy (non-hydrogen) atoms. The molecule has 0 saturated carbocycles. The molecule has 0 unspecified atom stereocenters. The van der Waals surface area contributed by atoms with Gasteiger partial charge < -0.3 is 9.47 Å². The molecule has 1 aliphatic carbocycles. The van der Waals surface area contributed by atoms with Gasteiger partial charge in [0.2, 0.25) is 0 Å². The molecule has 1 aliphatic rings. The number of fused-ring (bicyclic) bond motifs is 6. The molecular weight excluding hydrogens is 853 g/mol. The summed E-state index contributed by atoms with van der Waals surface area (Å²) in [6.45, 7) is 0. The summed E-state index contributed by atoms with van der Waals surface area (Å²) >= 11 is 1.87. The SMILES string of the molecule is C1=C(c2ccccc2N(c2ccc(-c3ccccc3)cc2)c2ccc(-c3ccc(-c4ccccc4)cc3)cc2)C=C(c2cccc3c2c2ccccc2n3-c2ccc3c(c2)sc2ccccc23)CC1. The van der Waals surface area contributed by atoms with Crippen molar-refractivity contribution in [3.05, 3.63) is 266 Å². The molecule has 0 aliphatic heterocycles. The molecule has 0 atom stereocenters. The van der Waals surface area contributed by atoms with Crippen molar-refractivity contribution in [1.29, 1.82) is 0 Å². The van der Waals surface area contributed by atoms with Crippen molar-refractivity contribution in [2.45, 2.75) is 12.8 Å². The van der Waals surface area contributed by atoms with Gasteiger partial charge >= 0.3 is 0 Å². The molecule has 2 aromatic heterocycles. The predicted octanol–water partition coefficient (Wildman–Crippen LogP) is 18.9. The van der Waals surface area contributed by atoms with Gasteiger partial charge in [0.05, 0.1) is 16.7 Å². The maximum Gasteiger partial charge on any atom is 0.0547 e. The minimum absolute atomic E-state index is 0.955. The van der Waals surface area contributed by atoms with Gasteiger partial charge in [0.15, 0.2) is 0 Å². The predicted molar refractivity (Wildman–Crippen MR) is 296 cm³/mol. The van der Waals surface area contributed by atoms with Crippen LogP contribution in [0.4, 0.5) is 17.1 Å². The minimum atomic E-state index is 0.955. The lowest BCUT2D eigenvalue weighted by Gasteiger charge is -2.29. The number of thiophene rings is 1. The largest absolute Gasteiger partial charge is 0.310 e. The number of para-hydroxylation sites is 2. The monoisotopic (exact) mass is 898 g/mol. The number of aromatic nitrogens is 1. The molecule has 0 saturated heterocycles. The van der Waals surface area contributed by atoms with Gasteiger partial charge in [-0.15, -0.1) is 11.3 Å². The summed E-state index contributed by atoms with van der Waals surface area (Å²) in [5.41, 5.74) is 19.3. The molecule has 0 radical (unpaired) electrons. The van der Waals surface area contributed by atoms with Gasteiger partial charge in [0.25, 0.3) is 0 Å². The van der Waals surface area contributed by atoms with E-state index in [1.54, 1.807) is 0 Å². The molecule has 0 fully saturated rings. The molecule has 2 nitrogen and oxygen atoms in total. The molecule has 0 bridgehead atoms.